The fourth-order valence-corrected chi connectivity index (χ4v) is 2.95. The summed E-state index contributed by atoms with van der Waals surface area (Å²) in [6.45, 7) is 5.33. The molecule has 22 heavy (non-hydrogen) atoms. The number of aryl methyl sites for hydroxylation is 1. The van der Waals surface area contributed by atoms with Crippen LogP contribution in [0.25, 0.3) is 11.4 Å². The molecule has 1 aromatic carbocycles. The van der Waals surface area contributed by atoms with Crippen LogP contribution in [-0.2, 0) is 4.79 Å². The van der Waals surface area contributed by atoms with Gasteiger partial charge in [0.25, 0.3) is 0 Å². The molecule has 0 spiro atoms. The summed E-state index contributed by atoms with van der Waals surface area (Å²) in [6, 6.07) is 10.2. The fraction of sp³-hybridized carbons (Fsp3) is 0.389. The third-order valence-electron chi connectivity index (χ3n) is 4.27. The zero-order valence-corrected chi connectivity index (χ0v) is 13.1. The summed E-state index contributed by atoms with van der Waals surface area (Å²) < 4.78 is 0. The molecule has 4 heteroatoms. The van der Waals surface area contributed by atoms with Crippen molar-refractivity contribution in [2.75, 3.05) is 13.1 Å². The van der Waals surface area contributed by atoms with Gasteiger partial charge in [-0.05, 0) is 25.8 Å². The Morgan fingerprint density at radius 3 is 2.73 bits per heavy atom. The van der Waals surface area contributed by atoms with Gasteiger partial charge in [-0.15, -0.1) is 0 Å². The van der Waals surface area contributed by atoms with Gasteiger partial charge in [-0.25, -0.2) is 9.97 Å². The lowest BCUT2D eigenvalue weighted by Gasteiger charge is -2.31. The Balaban J connectivity index is 1.84. The summed E-state index contributed by atoms with van der Waals surface area (Å²) in [6.07, 6.45) is 3.94. The molecular weight excluding hydrogens is 274 g/mol. The standard InChI is InChI=1S/C18H21N3O/c1-13-5-7-15(8-6-13)18-19-10-9-17(20-18)16-4-3-11-21(12-16)14(2)22/h5-10,16H,3-4,11-12H2,1-2H3. The molecule has 1 unspecified atom stereocenters. The number of carbonyl (C=O) groups excluding carboxylic acids is 1. The quantitative estimate of drug-likeness (QED) is 0.855. The van der Waals surface area contributed by atoms with Gasteiger partial charge in [0.1, 0.15) is 0 Å². The molecular formula is C18H21N3O. The number of hydrogen-bond acceptors (Lipinski definition) is 3. The third-order valence-corrected chi connectivity index (χ3v) is 4.27. The van der Waals surface area contributed by atoms with E-state index in [0.717, 1.165) is 43.0 Å². The second-order valence-corrected chi connectivity index (χ2v) is 5.98. The van der Waals surface area contributed by atoms with E-state index in [9.17, 15) is 4.79 Å². The van der Waals surface area contributed by atoms with Gasteiger partial charge in [-0.1, -0.05) is 29.8 Å². The summed E-state index contributed by atoms with van der Waals surface area (Å²) >= 11 is 0. The smallest absolute Gasteiger partial charge is 0.219 e. The number of aromatic nitrogens is 2. The Labute approximate surface area is 131 Å². The zero-order valence-electron chi connectivity index (χ0n) is 13.1. The first-order chi connectivity index (χ1) is 10.6. The highest BCUT2D eigenvalue weighted by Crippen LogP contribution is 2.26. The predicted molar refractivity (Wildman–Crippen MR) is 86.4 cm³/mol. The van der Waals surface area contributed by atoms with Crippen LogP contribution in [0.4, 0.5) is 0 Å². The minimum Gasteiger partial charge on any atom is -0.342 e. The van der Waals surface area contributed by atoms with Crippen LogP contribution in [0.3, 0.4) is 0 Å². The minimum atomic E-state index is 0.150. The van der Waals surface area contributed by atoms with Crippen LogP contribution in [0.15, 0.2) is 36.5 Å². The summed E-state index contributed by atoms with van der Waals surface area (Å²) in [7, 11) is 0. The van der Waals surface area contributed by atoms with Gasteiger partial charge in [0.15, 0.2) is 5.82 Å². The average molecular weight is 295 g/mol. The molecule has 0 N–H and O–H groups in total. The van der Waals surface area contributed by atoms with Crippen LogP contribution in [-0.4, -0.2) is 33.9 Å². The number of benzene rings is 1. The van der Waals surface area contributed by atoms with Gasteiger partial charge in [0.05, 0.1) is 0 Å². The van der Waals surface area contributed by atoms with Crippen molar-refractivity contribution in [3.05, 3.63) is 47.8 Å². The first-order valence-electron chi connectivity index (χ1n) is 7.79. The van der Waals surface area contributed by atoms with Gasteiger partial charge in [-0.3, -0.25) is 4.79 Å². The maximum atomic E-state index is 11.6. The van der Waals surface area contributed by atoms with E-state index in [1.165, 1.54) is 5.56 Å². The molecule has 0 aliphatic carbocycles. The Bertz CT molecular complexity index is 666. The molecule has 1 saturated heterocycles. The Hall–Kier alpha value is -2.23. The first-order valence-corrected chi connectivity index (χ1v) is 7.79. The molecule has 1 aromatic heterocycles. The average Bonchev–Trinajstić information content (AvgIpc) is 2.56. The summed E-state index contributed by atoms with van der Waals surface area (Å²) in [5.41, 5.74) is 3.30. The van der Waals surface area contributed by atoms with E-state index >= 15 is 0 Å². The molecule has 1 aliphatic heterocycles. The van der Waals surface area contributed by atoms with Gasteiger partial charge in [0.2, 0.25) is 5.91 Å². The van der Waals surface area contributed by atoms with Crippen LogP contribution in [0.2, 0.25) is 0 Å². The monoisotopic (exact) mass is 295 g/mol. The lowest BCUT2D eigenvalue weighted by Crippen LogP contribution is -2.37. The predicted octanol–water partition coefficient (Wildman–Crippen LogP) is 3.18. The summed E-state index contributed by atoms with van der Waals surface area (Å²) in [5, 5.41) is 0. The molecule has 1 atom stereocenters. The van der Waals surface area contributed by atoms with E-state index in [2.05, 4.69) is 36.2 Å². The summed E-state index contributed by atoms with van der Waals surface area (Å²) in [5.74, 6) is 1.22. The summed E-state index contributed by atoms with van der Waals surface area (Å²) in [4.78, 5) is 22.6. The minimum absolute atomic E-state index is 0.150. The topological polar surface area (TPSA) is 46.1 Å². The molecule has 0 saturated carbocycles. The highest BCUT2D eigenvalue weighted by atomic mass is 16.2. The van der Waals surface area contributed by atoms with Crippen LogP contribution in [0.5, 0.6) is 0 Å². The third kappa shape index (κ3) is 3.16. The molecule has 2 heterocycles. The van der Waals surface area contributed by atoms with Crippen molar-refractivity contribution in [3.63, 3.8) is 0 Å². The maximum absolute atomic E-state index is 11.6. The van der Waals surface area contributed by atoms with Gasteiger partial charge < -0.3 is 4.90 Å². The van der Waals surface area contributed by atoms with E-state index in [4.69, 9.17) is 4.98 Å². The fourth-order valence-electron chi connectivity index (χ4n) is 2.95. The van der Waals surface area contributed by atoms with E-state index < -0.39 is 0 Å². The number of carbonyl (C=O) groups is 1. The molecule has 4 nitrogen and oxygen atoms in total. The van der Waals surface area contributed by atoms with E-state index in [1.807, 2.05) is 17.2 Å². The van der Waals surface area contributed by atoms with Gasteiger partial charge in [0, 0.05) is 43.4 Å². The van der Waals surface area contributed by atoms with Crippen molar-refractivity contribution in [1.82, 2.24) is 14.9 Å². The molecule has 1 amide bonds. The van der Waals surface area contributed by atoms with Crippen molar-refractivity contribution >= 4 is 5.91 Å². The molecule has 0 bridgehead atoms. The molecule has 3 rings (SSSR count). The molecule has 2 aromatic rings. The highest BCUT2D eigenvalue weighted by molar-refractivity contribution is 5.73. The number of rotatable bonds is 2. The van der Waals surface area contributed by atoms with Crippen LogP contribution >= 0.6 is 0 Å². The van der Waals surface area contributed by atoms with E-state index in [0.29, 0.717) is 5.92 Å². The van der Waals surface area contributed by atoms with Crippen molar-refractivity contribution in [2.45, 2.75) is 32.6 Å². The molecule has 0 radical (unpaired) electrons. The molecule has 114 valence electrons. The molecule has 1 aliphatic rings. The van der Waals surface area contributed by atoms with Crippen LogP contribution in [0, 0.1) is 6.92 Å². The normalized spacial score (nSPS) is 18.3. The highest BCUT2D eigenvalue weighted by Gasteiger charge is 2.24. The SMILES string of the molecule is CC(=O)N1CCCC(c2ccnc(-c3ccc(C)cc3)n2)C1. The van der Waals surface area contributed by atoms with Crippen molar-refractivity contribution in [1.29, 1.82) is 0 Å². The lowest BCUT2D eigenvalue weighted by atomic mass is 9.94. The Kier molecular flexibility index (Phi) is 4.18. The number of nitrogens with zero attached hydrogens (tertiary/aromatic N) is 3. The second-order valence-electron chi connectivity index (χ2n) is 5.98. The van der Waals surface area contributed by atoms with Crippen LogP contribution < -0.4 is 0 Å². The zero-order chi connectivity index (χ0) is 15.5. The van der Waals surface area contributed by atoms with Crippen molar-refractivity contribution < 1.29 is 4.79 Å². The number of hydrogen-bond donors (Lipinski definition) is 0. The van der Waals surface area contributed by atoms with Crippen molar-refractivity contribution in [3.8, 4) is 11.4 Å². The van der Waals surface area contributed by atoms with E-state index in [-0.39, 0.29) is 5.91 Å². The molecule has 1 fully saturated rings. The largest absolute Gasteiger partial charge is 0.342 e. The number of likely N-dealkylation sites (tertiary alicyclic amines) is 1. The number of piperidine rings is 1. The van der Waals surface area contributed by atoms with Gasteiger partial charge >= 0.3 is 0 Å². The first kappa shape index (κ1) is 14.7. The maximum Gasteiger partial charge on any atom is 0.219 e. The Morgan fingerprint density at radius 1 is 1.23 bits per heavy atom. The van der Waals surface area contributed by atoms with Crippen LogP contribution in [0.1, 0.15) is 36.9 Å². The second kappa shape index (κ2) is 6.26. The lowest BCUT2D eigenvalue weighted by molar-refractivity contribution is -0.130. The Morgan fingerprint density at radius 2 is 2.00 bits per heavy atom. The van der Waals surface area contributed by atoms with Crippen molar-refractivity contribution in [2.24, 2.45) is 0 Å². The van der Waals surface area contributed by atoms with Gasteiger partial charge in [-0.2, -0.15) is 0 Å². The van der Waals surface area contributed by atoms with E-state index in [1.54, 1.807) is 6.92 Å². The number of amides is 1.